The molecule has 1 aromatic heterocycles. The fraction of sp³-hybridized carbons (Fsp3) is 0.238. The second-order valence-electron chi connectivity index (χ2n) is 7.82. The first kappa shape index (κ1) is 25.1. The molecule has 3 rings (SSSR count). The summed E-state index contributed by atoms with van der Waals surface area (Å²) in [6.07, 6.45) is 0. The number of fused-ring (bicyclic) bond motifs is 1. The first-order chi connectivity index (χ1) is 15.1. The van der Waals surface area contributed by atoms with E-state index in [0.717, 1.165) is 0 Å². The molecule has 12 heteroatoms. The van der Waals surface area contributed by atoms with E-state index in [0.29, 0.717) is 0 Å². The molecule has 0 aliphatic carbocycles. The average Bonchev–Trinajstić information content (AvgIpc) is 2.64. The Hall–Kier alpha value is -2.56. The zero-order chi connectivity index (χ0) is 24.8. The summed E-state index contributed by atoms with van der Waals surface area (Å²) in [5, 5.41) is 0.724. The number of nitrogens with zero attached hydrogens (tertiary/aromatic N) is 1. The minimum atomic E-state index is -6.16. The Kier molecular flexibility index (Phi) is 6.58. The van der Waals surface area contributed by atoms with E-state index < -0.39 is 38.6 Å². The van der Waals surface area contributed by atoms with Crippen molar-refractivity contribution in [3.8, 4) is 17.0 Å². The lowest BCUT2D eigenvalue weighted by atomic mass is 9.95. The molecule has 0 saturated heterocycles. The highest BCUT2D eigenvalue weighted by Gasteiger charge is 2.49. The van der Waals surface area contributed by atoms with Crippen LogP contribution in [0, 0.1) is 0 Å². The van der Waals surface area contributed by atoms with Crippen LogP contribution >= 0.6 is 23.2 Å². The standard InChI is InChI=1S/C21H16Cl2F3NO5S/c1-20(2,3)31-19(28)17-16(11-5-4-6-12(22)9-11)14-10-13(23)7-8-15(14)27-18(17)32-33(29,30)21(24,25)26/h4-10H,1-3H3. The van der Waals surface area contributed by atoms with Crippen LogP contribution in [-0.4, -0.2) is 30.5 Å². The number of halogens is 5. The molecule has 0 aliphatic rings. The first-order valence-electron chi connectivity index (χ1n) is 9.22. The first-order valence-corrected chi connectivity index (χ1v) is 11.4. The van der Waals surface area contributed by atoms with Crippen molar-refractivity contribution in [3.63, 3.8) is 0 Å². The Morgan fingerprint density at radius 3 is 2.21 bits per heavy atom. The van der Waals surface area contributed by atoms with Gasteiger partial charge < -0.3 is 8.92 Å². The van der Waals surface area contributed by atoms with Crippen LogP contribution in [0.2, 0.25) is 10.0 Å². The van der Waals surface area contributed by atoms with Crippen LogP contribution in [0.15, 0.2) is 42.5 Å². The van der Waals surface area contributed by atoms with E-state index in [9.17, 15) is 26.4 Å². The molecule has 0 amide bonds. The van der Waals surface area contributed by atoms with Crippen molar-refractivity contribution >= 4 is 50.2 Å². The van der Waals surface area contributed by atoms with E-state index in [-0.39, 0.29) is 32.1 Å². The number of alkyl halides is 3. The largest absolute Gasteiger partial charge is 0.534 e. The Balaban J connectivity index is 2.46. The van der Waals surface area contributed by atoms with Crippen molar-refractivity contribution in [2.24, 2.45) is 0 Å². The van der Waals surface area contributed by atoms with Crippen LogP contribution in [0.3, 0.4) is 0 Å². The Morgan fingerprint density at radius 2 is 1.64 bits per heavy atom. The lowest BCUT2D eigenvalue weighted by Crippen LogP contribution is -2.30. The average molecular weight is 522 g/mol. The third kappa shape index (κ3) is 5.51. The van der Waals surface area contributed by atoms with Gasteiger partial charge in [-0.05, 0) is 56.7 Å². The minimum absolute atomic E-state index is 0.00776. The molecule has 0 N–H and O–H groups in total. The fourth-order valence-electron chi connectivity index (χ4n) is 2.89. The number of carbonyl (C=O) groups is 1. The molecule has 0 unspecified atom stereocenters. The van der Waals surface area contributed by atoms with E-state index >= 15 is 0 Å². The minimum Gasteiger partial charge on any atom is -0.456 e. The van der Waals surface area contributed by atoms with Gasteiger partial charge in [0.2, 0.25) is 5.88 Å². The molecule has 0 atom stereocenters. The predicted octanol–water partition coefficient (Wildman–Crippen LogP) is 6.39. The van der Waals surface area contributed by atoms with Crippen LogP contribution in [0.5, 0.6) is 5.88 Å². The van der Waals surface area contributed by atoms with Gasteiger partial charge in [-0.25, -0.2) is 9.78 Å². The lowest BCUT2D eigenvalue weighted by molar-refractivity contribution is -0.0502. The zero-order valence-electron chi connectivity index (χ0n) is 17.3. The van der Waals surface area contributed by atoms with E-state index in [2.05, 4.69) is 9.17 Å². The van der Waals surface area contributed by atoms with Gasteiger partial charge in [-0.3, -0.25) is 0 Å². The van der Waals surface area contributed by atoms with Gasteiger partial charge in [-0.2, -0.15) is 21.6 Å². The Bertz CT molecular complexity index is 1350. The number of aromatic nitrogens is 1. The van der Waals surface area contributed by atoms with Gasteiger partial charge in [0.05, 0.1) is 5.52 Å². The number of hydrogen-bond acceptors (Lipinski definition) is 6. The topological polar surface area (TPSA) is 82.6 Å². The quantitative estimate of drug-likeness (QED) is 0.224. The maximum Gasteiger partial charge on any atom is 0.534 e. The van der Waals surface area contributed by atoms with Gasteiger partial charge in [0.15, 0.2) is 0 Å². The van der Waals surface area contributed by atoms with E-state index in [1.807, 2.05) is 0 Å². The second kappa shape index (κ2) is 8.66. The van der Waals surface area contributed by atoms with Gasteiger partial charge in [0.1, 0.15) is 11.2 Å². The highest BCUT2D eigenvalue weighted by atomic mass is 35.5. The number of rotatable bonds is 4. The number of benzene rings is 2. The summed E-state index contributed by atoms with van der Waals surface area (Å²) in [7, 11) is -6.16. The summed E-state index contributed by atoms with van der Waals surface area (Å²) in [4.78, 5) is 17.0. The molecule has 33 heavy (non-hydrogen) atoms. The summed E-state index contributed by atoms with van der Waals surface area (Å²) in [5.41, 5.74) is -7.18. The molecule has 6 nitrogen and oxygen atoms in total. The van der Waals surface area contributed by atoms with Gasteiger partial charge in [0, 0.05) is 21.0 Å². The fourth-order valence-corrected chi connectivity index (χ4v) is 3.67. The van der Waals surface area contributed by atoms with Crippen molar-refractivity contribution in [2.45, 2.75) is 31.9 Å². The van der Waals surface area contributed by atoms with Crippen LogP contribution < -0.4 is 4.18 Å². The lowest BCUT2D eigenvalue weighted by Gasteiger charge is -2.22. The molecule has 176 valence electrons. The third-order valence-corrected chi connectivity index (χ3v) is 5.52. The summed E-state index contributed by atoms with van der Waals surface area (Å²) < 4.78 is 72.5. The summed E-state index contributed by atoms with van der Waals surface area (Å²) in [6, 6.07) is 10.2. The number of carbonyl (C=O) groups excluding carboxylic acids is 1. The Morgan fingerprint density at radius 1 is 1.00 bits per heavy atom. The number of pyridine rings is 1. The van der Waals surface area contributed by atoms with Gasteiger partial charge in [-0.15, -0.1) is 0 Å². The third-order valence-electron chi connectivity index (χ3n) is 4.10. The smallest absolute Gasteiger partial charge is 0.456 e. The van der Waals surface area contributed by atoms with E-state index in [4.69, 9.17) is 27.9 Å². The maximum atomic E-state index is 13.1. The summed E-state index contributed by atoms with van der Waals surface area (Å²) in [6.45, 7) is 4.59. The molecular weight excluding hydrogens is 506 g/mol. The molecule has 2 aromatic carbocycles. The van der Waals surface area contributed by atoms with Crippen molar-refractivity contribution in [1.29, 1.82) is 0 Å². The monoisotopic (exact) mass is 521 g/mol. The van der Waals surface area contributed by atoms with Crippen molar-refractivity contribution in [3.05, 3.63) is 58.1 Å². The van der Waals surface area contributed by atoms with Gasteiger partial charge in [0.25, 0.3) is 0 Å². The predicted molar refractivity (Wildman–Crippen MR) is 118 cm³/mol. The van der Waals surface area contributed by atoms with Crippen molar-refractivity contribution in [1.82, 2.24) is 4.98 Å². The highest BCUT2D eigenvalue weighted by molar-refractivity contribution is 7.88. The molecule has 3 aromatic rings. The molecule has 0 aliphatic heterocycles. The van der Waals surface area contributed by atoms with E-state index in [1.165, 1.54) is 51.1 Å². The van der Waals surface area contributed by atoms with Crippen molar-refractivity contribution < 1.29 is 35.3 Å². The van der Waals surface area contributed by atoms with Crippen LogP contribution in [0.4, 0.5) is 13.2 Å². The molecule has 1 heterocycles. The molecular formula is C21H16Cl2F3NO5S. The highest BCUT2D eigenvalue weighted by Crippen LogP contribution is 2.40. The second-order valence-corrected chi connectivity index (χ2v) is 10.2. The SMILES string of the molecule is CC(C)(C)OC(=O)c1c(OS(=O)(=O)C(F)(F)F)nc2ccc(Cl)cc2c1-c1cccc(Cl)c1. The van der Waals surface area contributed by atoms with Gasteiger partial charge >= 0.3 is 21.6 Å². The molecule has 0 radical (unpaired) electrons. The molecule has 0 fully saturated rings. The van der Waals surface area contributed by atoms with Crippen molar-refractivity contribution in [2.75, 3.05) is 0 Å². The number of ether oxygens (including phenoxy) is 1. The Labute approximate surface area is 197 Å². The maximum absolute atomic E-state index is 13.1. The number of esters is 1. The van der Waals surface area contributed by atoms with Gasteiger partial charge in [-0.1, -0.05) is 35.3 Å². The summed E-state index contributed by atoms with van der Waals surface area (Å²) >= 11 is 12.2. The normalized spacial score (nSPS) is 12.6. The van der Waals surface area contributed by atoms with Crippen LogP contribution in [0.1, 0.15) is 31.1 Å². The van der Waals surface area contributed by atoms with Crippen LogP contribution in [-0.2, 0) is 14.9 Å². The molecule has 0 saturated carbocycles. The van der Waals surface area contributed by atoms with Crippen LogP contribution in [0.25, 0.3) is 22.0 Å². The summed E-state index contributed by atoms with van der Waals surface area (Å²) in [5.74, 6) is -2.24. The molecule has 0 spiro atoms. The van der Waals surface area contributed by atoms with E-state index in [1.54, 1.807) is 12.1 Å². The number of hydrogen-bond donors (Lipinski definition) is 0. The molecule has 0 bridgehead atoms. The zero-order valence-corrected chi connectivity index (χ0v) is 19.7.